The fourth-order valence-corrected chi connectivity index (χ4v) is 1.64. The van der Waals surface area contributed by atoms with Gasteiger partial charge < -0.3 is 4.90 Å². The SMILES string of the molecule is CC(C)/N=C1/CCCN1C(=O)C(C)C. The molecule has 80 valence electrons. The third-order valence-electron chi connectivity index (χ3n) is 2.26. The number of amidine groups is 1. The standard InChI is InChI=1S/C11H20N2O/c1-8(2)11(14)13-7-5-6-10(13)12-9(3)4/h8-9H,5-7H2,1-4H3/b12-10-. The molecule has 0 aromatic carbocycles. The van der Waals surface area contributed by atoms with Crippen LogP contribution in [0, 0.1) is 5.92 Å². The lowest BCUT2D eigenvalue weighted by atomic mass is 10.2. The Kier molecular flexibility index (Phi) is 3.67. The van der Waals surface area contributed by atoms with Gasteiger partial charge in [-0.05, 0) is 20.3 Å². The van der Waals surface area contributed by atoms with Crippen molar-refractivity contribution in [2.45, 2.75) is 46.6 Å². The van der Waals surface area contributed by atoms with Gasteiger partial charge >= 0.3 is 0 Å². The number of hydrogen-bond acceptors (Lipinski definition) is 2. The minimum absolute atomic E-state index is 0.0745. The number of hydrogen-bond donors (Lipinski definition) is 0. The highest BCUT2D eigenvalue weighted by Gasteiger charge is 2.26. The lowest BCUT2D eigenvalue weighted by Crippen LogP contribution is -2.35. The molecule has 1 amide bonds. The smallest absolute Gasteiger partial charge is 0.230 e. The third kappa shape index (κ3) is 2.56. The summed E-state index contributed by atoms with van der Waals surface area (Å²) < 4.78 is 0. The van der Waals surface area contributed by atoms with Crippen molar-refractivity contribution in [3.05, 3.63) is 0 Å². The Morgan fingerprint density at radius 1 is 1.36 bits per heavy atom. The first-order valence-corrected chi connectivity index (χ1v) is 5.40. The van der Waals surface area contributed by atoms with E-state index in [2.05, 4.69) is 4.99 Å². The van der Waals surface area contributed by atoms with Crippen LogP contribution in [0.3, 0.4) is 0 Å². The van der Waals surface area contributed by atoms with Gasteiger partial charge in [0.05, 0.1) is 0 Å². The number of rotatable bonds is 2. The second-order valence-electron chi connectivity index (χ2n) is 4.39. The summed E-state index contributed by atoms with van der Waals surface area (Å²) in [6, 6.07) is 0.283. The Balaban J connectivity index is 2.74. The molecule has 0 radical (unpaired) electrons. The Bertz CT molecular complexity index is 244. The molecule has 1 aliphatic heterocycles. The third-order valence-corrected chi connectivity index (χ3v) is 2.26. The van der Waals surface area contributed by atoms with Crippen molar-refractivity contribution >= 4 is 11.7 Å². The number of carbonyl (C=O) groups is 1. The molecule has 1 heterocycles. The highest BCUT2D eigenvalue weighted by molar-refractivity contribution is 6.00. The number of carbonyl (C=O) groups excluding carboxylic acids is 1. The van der Waals surface area contributed by atoms with E-state index in [4.69, 9.17) is 0 Å². The van der Waals surface area contributed by atoms with E-state index in [-0.39, 0.29) is 17.9 Å². The van der Waals surface area contributed by atoms with Gasteiger partial charge in [-0.1, -0.05) is 13.8 Å². The summed E-state index contributed by atoms with van der Waals surface area (Å²) in [6.07, 6.45) is 2.01. The fourth-order valence-electron chi connectivity index (χ4n) is 1.64. The highest BCUT2D eigenvalue weighted by Crippen LogP contribution is 2.15. The number of aliphatic imine (C=N–C) groups is 1. The summed E-state index contributed by atoms with van der Waals surface area (Å²) in [7, 11) is 0. The average Bonchev–Trinajstić information content (AvgIpc) is 2.49. The predicted molar refractivity (Wildman–Crippen MR) is 58.4 cm³/mol. The summed E-state index contributed by atoms with van der Waals surface area (Å²) in [6.45, 7) is 8.82. The molecule has 3 heteroatoms. The van der Waals surface area contributed by atoms with Crippen LogP contribution in [-0.4, -0.2) is 29.2 Å². The first-order chi connectivity index (χ1) is 6.52. The molecule has 0 aromatic rings. The van der Waals surface area contributed by atoms with E-state index < -0.39 is 0 Å². The normalized spacial score (nSPS) is 20.1. The molecular weight excluding hydrogens is 176 g/mol. The van der Waals surface area contributed by atoms with Crippen molar-refractivity contribution in [3.63, 3.8) is 0 Å². The van der Waals surface area contributed by atoms with Crippen LogP contribution in [-0.2, 0) is 4.79 Å². The van der Waals surface area contributed by atoms with Gasteiger partial charge in [-0.3, -0.25) is 9.79 Å². The molecule has 0 aliphatic carbocycles. The topological polar surface area (TPSA) is 32.7 Å². The van der Waals surface area contributed by atoms with Crippen LogP contribution < -0.4 is 0 Å². The molecule has 0 spiro atoms. The zero-order chi connectivity index (χ0) is 10.7. The molecule has 1 saturated heterocycles. The first-order valence-electron chi connectivity index (χ1n) is 5.40. The van der Waals surface area contributed by atoms with Crippen LogP contribution in [0.25, 0.3) is 0 Å². The zero-order valence-electron chi connectivity index (χ0n) is 9.58. The monoisotopic (exact) mass is 196 g/mol. The molecular formula is C11H20N2O. The molecule has 14 heavy (non-hydrogen) atoms. The van der Waals surface area contributed by atoms with Crippen LogP contribution in [0.15, 0.2) is 4.99 Å². The Hall–Kier alpha value is -0.860. The maximum atomic E-state index is 11.8. The van der Waals surface area contributed by atoms with E-state index in [0.29, 0.717) is 0 Å². The molecule has 1 rings (SSSR count). The van der Waals surface area contributed by atoms with Gasteiger partial charge in [-0.15, -0.1) is 0 Å². The van der Waals surface area contributed by atoms with Crippen LogP contribution in [0.1, 0.15) is 40.5 Å². The van der Waals surface area contributed by atoms with Crippen LogP contribution in [0.4, 0.5) is 0 Å². The van der Waals surface area contributed by atoms with E-state index in [1.54, 1.807) is 0 Å². The summed E-state index contributed by atoms with van der Waals surface area (Å²) in [5, 5.41) is 0. The van der Waals surface area contributed by atoms with Gasteiger partial charge in [0.25, 0.3) is 0 Å². The number of amides is 1. The Morgan fingerprint density at radius 2 is 2.00 bits per heavy atom. The van der Waals surface area contributed by atoms with Gasteiger partial charge in [0, 0.05) is 24.9 Å². The van der Waals surface area contributed by atoms with Crippen molar-refractivity contribution in [1.29, 1.82) is 0 Å². The summed E-state index contributed by atoms with van der Waals surface area (Å²) in [5.41, 5.74) is 0. The van der Waals surface area contributed by atoms with Gasteiger partial charge in [-0.2, -0.15) is 0 Å². The van der Waals surface area contributed by atoms with Crippen molar-refractivity contribution in [2.24, 2.45) is 10.9 Å². The first kappa shape index (κ1) is 11.2. The summed E-state index contributed by atoms with van der Waals surface area (Å²) >= 11 is 0. The van der Waals surface area contributed by atoms with Crippen LogP contribution in [0.2, 0.25) is 0 Å². The van der Waals surface area contributed by atoms with E-state index in [9.17, 15) is 4.79 Å². The maximum Gasteiger partial charge on any atom is 0.230 e. The highest BCUT2D eigenvalue weighted by atomic mass is 16.2. The largest absolute Gasteiger partial charge is 0.300 e. The molecule has 0 unspecified atom stereocenters. The summed E-state index contributed by atoms with van der Waals surface area (Å²) in [5.74, 6) is 1.27. The zero-order valence-corrected chi connectivity index (χ0v) is 9.58. The second-order valence-corrected chi connectivity index (χ2v) is 4.39. The average molecular weight is 196 g/mol. The molecule has 3 nitrogen and oxygen atoms in total. The second kappa shape index (κ2) is 4.58. The van der Waals surface area contributed by atoms with Crippen molar-refractivity contribution in [3.8, 4) is 0 Å². The lowest BCUT2D eigenvalue weighted by molar-refractivity contribution is -0.130. The Morgan fingerprint density at radius 3 is 2.50 bits per heavy atom. The minimum Gasteiger partial charge on any atom is -0.300 e. The molecule has 0 aromatic heterocycles. The molecule has 1 aliphatic rings. The lowest BCUT2D eigenvalue weighted by Gasteiger charge is -2.19. The summed E-state index contributed by atoms with van der Waals surface area (Å²) in [4.78, 5) is 18.1. The van der Waals surface area contributed by atoms with Crippen molar-refractivity contribution in [2.75, 3.05) is 6.54 Å². The maximum absolute atomic E-state index is 11.8. The van der Waals surface area contributed by atoms with Crippen molar-refractivity contribution < 1.29 is 4.79 Å². The van der Waals surface area contributed by atoms with E-state index in [1.807, 2.05) is 32.6 Å². The van der Waals surface area contributed by atoms with Gasteiger partial charge in [-0.25, -0.2) is 0 Å². The van der Waals surface area contributed by atoms with Gasteiger partial charge in [0.1, 0.15) is 5.84 Å². The van der Waals surface area contributed by atoms with E-state index in [0.717, 1.165) is 25.2 Å². The number of nitrogens with zero attached hydrogens (tertiary/aromatic N) is 2. The van der Waals surface area contributed by atoms with E-state index in [1.165, 1.54) is 0 Å². The predicted octanol–water partition coefficient (Wildman–Crippen LogP) is 2.07. The van der Waals surface area contributed by atoms with E-state index >= 15 is 0 Å². The molecule has 1 fully saturated rings. The fraction of sp³-hybridized carbons (Fsp3) is 0.818. The van der Waals surface area contributed by atoms with Crippen LogP contribution in [0.5, 0.6) is 0 Å². The van der Waals surface area contributed by atoms with Gasteiger partial charge in [0.15, 0.2) is 0 Å². The molecule has 0 N–H and O–H groups in total. The van der Waals surface area contributed by atoms with Crippen LogP contribution >= 0.6 is 0 Å². The number of likely N-dealkylation sites (tertiary alicyclic amines) is 1. The minimum atomic E-state index is 0.0745. The molecule has 0 saturated carbocycles. The molecule has 0 atom stereocenters. The molecule has 0 bridgehead atoms. The Labute approximate surface area is 86.2 Å². The van der Waals surface area contributed by atoms with Crippen molar-refractivity contribution in [1.82, 2.24) is 4.90 Å². The van der Waals surface area contributed by atoms with Gasteiger partial charge in [0.2, 0.25) is 5.91 Å². The quantitative estimate of drug-likeness (QED) is 0.665.